The normalized spacial score (nSPS) is 12.7. The van der Waals surface area contributed by atoms with Crippen molar-refractivity contribution in [1.29, 1.82) is 0 Å². The highest BCUT2D eigenvalue weighted by molar-refractivity contribution is 5.71. The zero-order valence-corrected chi connectivity index (χ0v) is 49.3. The first-order valence-corrected chi connectivity index (χ1v) is 31.7. The van der Waals surface area contributed by atoms with E-state index in [1.54, 1.807) is 0 Å². The van der Waals surface area contributed by atoms with Gasteiger partial charge in [-0.15, -0.1) is 0 Å². The first-order valence-electron chi connectivity index (χ1n) is 31.7. The number of carbonyl (C=O) groups excluding carboxylic acids is 3. The summed E-state index contributed by atoms with van der Waals surface area (Å²) in [5.74, 6) is -0.881. The molecule has 6 nitrogen and oxygen atoms in total. The van der Waals surface area contributed by atoms with Crippen molar-refractivity contribution >= 4 is 17.9 Å². The molecule has 0 aromatic carbocycles. The minimum Gasteiger partial charge on any atom is -0.462 e. The minimum atomic E-state index is -0.776. The average Bonchev–Trinajstić information content (AvgIpc) is 3.41. The summed E-state index contributed by atoms with van der Waals surface area (Å²) in [7, 11) is 0. The molecule has 0 saturated carbocycles. The molecule has 430 valence electrons. The van der Waals surface area contributed by atoms with Crippen LogP contribution in [0.25, 0.3) is 0 Å². The summed E-state index contributed by atoms with van der Waals surface area (Å²) in [4.78, 5) is 38.0. The van der Waals surface area contributed by atoms with Gasteiger partial charge in [0.15, 0.2) is 6.10 Å². The molecule has 1 atom stereocenters. The number of ether oxygens (including phenoxy) is 3. The lowest BCUT2D eigenvalue weighted by Gasteiger charge is -2.18. The van der Waals surface area contributed by atoms with Gasteiger partial charge in [0, 0.05) is 19.3 Å². The molecule has 1 unspecified atom stereocenters. The van der Waals surface area contributed by atoms with Crippen molar-refractivity contribution in [1.82, 2.24) is 0 Å². The van der Waals surface area contributed by atoms with Gasteiger partial charge in [0.25, 0.3) is 0 Å². The number of allylic oxidation sites excluding steroid dienone is 16. The Morgan fingerprint density at radius 1 is 0.280 bits per heavy atom. The van der Waals surface area contributed by atoms with E-state index >= 15 is 0 Å². The number of hydrogen-bond acceptors (Lipinski definition) is 6. The van der Waals surface area contributed by atoms with E-state index in [2.05, 4.69) is 118 Å². The standard InChI is InChI=1S/C69H118O6/c1-4-7-10-13-16-18-20-22-24-26-27-28-29-30-31-32-33-34-35-36-37-38-39-40-41-43-44-46-48-50-53-56-59-62-68(71)74-65-66(64-73-67(70)61-58-55-52-15-12-9-6-3)75-69(72)63-60-57-54-51-49-47-45-42-25-23-21-19-17-14-11-8-5-2/h7,10,16,18,22,24,27-28,30-31,33-34,36-37,39-40,66H,4-6,8-9,11-15,17,19-21,23,25-26,29,32,35,38,41-65H2,1-3H3/b10-7-,18-16-,24-22-,28-27-,31-30-,34-33-,37-36-,40-39-. The Balaban J connectivity index is 4.12. The van der Waals surface area contributed by atoms with Gasteiger partial charge >= 0.3 is 17.9 Å². The maximum Gasteiger partial charge on any atom is 0.306 e. The lowest BCUT2D eigenvalue weighted by molar-refractivity contribution is -0.167. The van der Waals surface area contributed by atoms with E-state index in [4.69, 9.17) is 14.2 Å². The molecule has 0 rings (SSSR count). The van der Waals surface area contributed by atoms with E-state index in [0.29, 0.717) is 19.3 Å². The SMILES string of the molecule is CC/C=C\C/C=C\C/C=C\C/C=C\C/C=C\C/C=C\C/C=C\C/C=C\CCCCCCCCCCC(=O)OCC(COC(=O)CCCCCCCCC)OC(=O)CCCCCCCCCCCCCCCCCCC. The molecule has 0 aliphatic rings. The summed E-state index contributed by atoms with van der Waals surface area (Å²) in [6.07, 6.45) is 84.4. The van der Waals surface area contributed by atoms with Crippen molar-refractivity contribution in [2.24, 2.45) is 0 Å². The molecule has 0 fully saturated rings. The summed E-state index contributed by atoms with van der Waals surface area (Å²) in [6, 6.07) is 0. The smallest absolute Gasteiger partial charge is 0.306 e. The summed E-state index contributed by atoms with van der Waals surface area (Å²) in [6.45, 7) is 6.50. The third-order valence-electron chi connectivity index (χ3n) is 13.6. The van der Waals surface area contributed by atoms with Gasteiger partial charge in [0.1, 0.15) is 13.2 Å². The molecule has 75 heavy (non-hydrogen) atoms. The fourth-order valence-corrected chi connectivity index (χ4v) is 8.87. The van der Waals surface area contributed by atoms with Gasteiger partial charge in [0.2, 0.25) is 0 Å². The van der Waals surface area contributed by atoms with Crippen LogP contribution in [0.15, 0.2) is 97.2 Å². The van der Waals surface area contributed by atoms with Crippen molar-refractivity contribution in [2.75, 3.05) is 13.2 Å². The molecule has 6 heteroatoms. The lowest BCUT2D eigenvalue weighted by atomic mass is 10.0. The van der Waals surface area contributed by atoms with Gasteiger partial charge < -0.3 is 14.2 Å². The fourth-order valence-electron chi connectivity index (χ4n) is 8.87. The third kappa shape index (κ3) is 61.1. The molecule has 0 aromatic rings. The van der Waals surface area contributed by atoms with Crippen LogP contribution in [0.2, 0.25) is 0 Å². The van der Waals surface area contributed by atoms with Crippen molar-refractivity contribution in [2.45, 2.75) is 309 Å². The van der Waals surface area contributed by atoms with Gasteiger partial charge in [-0.2, -0.15) is 0 Å². The first kappa shape index (κ1) is 71.3. The predicted molar refractivity (Wildman–Crippen MR) is 325 cm³/mol. The van der Waals surface area contributed by atoms with Crippen LogP contribution in [0.5, 0.6) is 0 Å². The van der Waals surface area contributed by atoms with E-state index in [1.165, 1.54) is 148 Å². The second-order valence-electron chi connectivity index (χ2n) is 21.0. The Morgan fingerprint density at radius 2 is 0.520 bits per heavy atom. The Hall–Kier alpha value is -3.67. The molecule has 0 N–H and O–H groups in total. The van der Waals surface area contributed by atoms with Gasteiger partial charge in [-0.05, 0) is 83.5 Å². The van der Waals surface area contributed by atoms with Crippen LogP contribution in [-0.4, -0.2) is 37.2 Å². The minimum absolute atomic E-state index is 0.0760. The number of carbonyl (C=O) groups is 3. The number of unbranched alkanes of at least 4 members (excludes halogenated alkanes) is 30. The first-order chi connectivity index (χ1) is 37.0. The Morgan fingerprint density at radius 3 is 0.813 bits per heavy atom. The third-order valence-corrected chi connectivity index (χ3v) is 13.6. The van der Waals surface area contributed by atoms with E-state index in [1.807, 2.05) is 0 Å². The van der Waals surface area contributed by atoms with Crippen LogP contribution in [0.4, 0.5) is 0 Å². The average molecular weight is 1040 g/mol. The molecule has 0 heterocycles. The van der Waals surface area contributed by atoms with E-state index in [-0.39, 0.29) is 31.1 Å². The molecular formula is C69H118O6. The van der Waals surface area contributed by atoms with Crippen molar-refractivity contribution in [3.05, 3.63) is 97.2 Å². The molecule has 0 spiro atoms. The number of esters is 3. The topological polar surface area (TPSA) is 78.9 Å². The summed E-state index contributed by atoms with van der Waals surface area (Å²) < 4.78 is 16.8. The van der Waals surface area contributed by atoms with Crippen molar-refractivity contribution in [3.63, 3.8) is 0 Å². The zero-order chi connectivity index (χ0) is 54.3. The highest BCUT2D eigenvalue weighted by Crippen LogP contribution is 2.16. The van der Waals surface area contributed by atoms with Crippen molar-refractivity contribution < 1.29 is 28.6 Å². The van der Waals surface area contributed by atoms with Crippen LogP contribution < -0.4 is 0 Å². The number of hydrogen-bond donors (Lipinski definition) is 0. The summed E-state index contributed by atoms with van der Waals surface area (Å²) in [5, 5.41) is 0. The highest BCUT2D eigenvalue weighted by Gasteiger charge is 2.19. The monoisotopic (exact) mass is 1040 g/mol. The van der Waals surface area contributed by atoms with Crippen LogP contribution in [0.1, 0.15) is 303 Å². The zero-order valence-electron chi connectivity index (χ0n) is 49.3. The maximum atomic E-state index is 12.8. The van der Waals surface area contributed by atoms with E-state index < -0.39 is 6.10 Å². The molecule has 0 aliphatic carbocycles. The maximum absolute atomic E-state index is 12.8. The highest BCUT2D eigenvalue weighted by atomic mass is 16.6. The Bertz CT molecular complexity index is 1480. The summed E-state index contributed by atoms with van der Waals surface area (Å²) >= 11 is 0. The quantitative estimate of drug-likeness (QED) is 0.0261. The van der Waals surface area contributed by atoms with Gasteiger partial charge in [-0.1, -0.05) is 298 Å². The Kier molecular flexibility index (Phi) is 59.8. The van der Waals surface area contributed by atoms with Crippen LogP contribution in [0, 0.1) is 0 Å². The molecule has 0 aromatic heterocycles. The van der Waals surface area contributed by atoms with Gasteiger partial charge in [-0.25, -0.2) is 0 Å². The van der Waals surface area contributed by atoms with Crippen LogP contribution >= 0.6 is 0 Å². The fraction of sp³-hybridized carbons (Fsp3) is 0.725. The molecule has 0 amide bonds. The lowest BCUT2D eigenvalue weighted by Crippen LogP contribution is -2.30. The Labute approximate surface area is 464 Å². The molecule has 0 saturated heterocycles. The van der Waals surface area contributed by atoms with Crippen LogP contribution in [-0.2, 0) is 28.6 Å². The second-order valence-corrected chi connectivity index (χ2v) is 21.0. The second kappa shape index (κ2) is 62.9. The van der Waals surface area contributed by atoms with Crippen molar-refractivity contribution in [3.8, 4) is 0 Å². The molecule has 0 aliphatic heterocycles. The number of rotatable bonds is 57. The van der Waals surface area contributed by atoms with E-state index in [0.717, 1.165) is 116 Å². The largest absolute Gasteiger partial charge is 0.462 e. The molecule has 0 bridgehead atoms. The van der Waals surface area contributed by atoms with E-state index in [9.17, 15) is 14.4 Å². The van der Waals surface area contributed by atoms with Gasteiger partial charge in [0.05, 0.1) is 0 Å². The summed E-state index contributed by atoms with van der Waals surface area (Å²) in [5.41, 5.74) is 0. The van der Waals surface area contributed by atoms with Crippen LogP contribution in [0.3, 0.4) is 0 Å². The molecular weight excluding hydrogens is 925 g/mol. The predicted octanol–water partition coefficient (Wildman–Crippen LogP) is 21.7. The van der Waals surface area contributed by atoms with Gasteiger partial charge in [-0.3, -0.25) is 14.4 Å². The molecule has 0 radical (unpaired) electrons.